The van der Waals surface area contributed by atoms with Crippen molar-refractivity contribution in [3.8, 4) is 0 Å². The summed E-state index contributed by atoms with van der Waals surface area (Å²) in [6.45, 7) is 4.04. The Labute approximate surface area is 448 Å². The minimum absolute atomic E-state index is 0.111. The molecule has 15 heteroatoms. The first-order chi connectivity index (χ1) is 35.5. The maximum absolute atomic E-state index is 13.3. The van der Waals surface area contributed by atoms with Gasteiger partial charge in [-0.1, -0.05) is 226 Å². The third-order valence-electron chi connectivity index (χ3n) is 15.7. The van der Waals surface area contributed by atoms with Gasteiger partial charge in [0, 0.05) is 30.4 Å². The van der Waals surface area contributed by atoms with Gasteiger partial charge in [0.15, 0.2) is 6.29 Å². The number of carbonyl (C=O) groups is 3. The van der Waals surface area contributed by atoms with E-state index in [9.17, 15) is 39.9 Å². The average Bonchev–Trinajstić information content (AvgIpc) is 3.95. The van der Waals surface area contributed by atoms with Crippen LogP contribution < -0.4 is 21.3 Å². The summed E-state index contributed by atoms with van der Waals surface area (Å²) in [6.07, 6.45) is 34.7. The zero-order chi connectivity index (χ0) is 52.7. The highest BCUT2D eigenvalue weighted by atomic mass is 32.2. The molecule has 0 radical (unpaired) electrons. The van der Waals surface area contributed by atoms with E-state index in [4.69, 9.17) is 9.47 Å². The summed E-state index contributed by atoms with van der Waals surface area (Å²) in [7, 11) is 0. The number of nitrogens with one attached hydrogen (secondary N) is 4. The topological polar surface area (TPSA) is 219 Å². The number of fused-ring (bicyclic) bond motifs is 1. The van der Waals surface area contributed by atoms with Gasteiger partial charge < -0.3 is 56.3 Å². The van der Waals surface area contributed by atoms with Crippen LogP contribution in [0.2, 0.25) is 0 Å². The largest absolute Gasteiger partial charge is 0.390 e. The number of carbonyl (C=O) groups excluding carboxylic acids is 3. The average molecular weight is 1060 g/mol. The van der Waals surface area contributed by atoms with E-state index in [-0.39, 0.29) is 55.9 Å². The van der Waals surface area contributed by atoms with E-state index in [0.717, 1.165) is 63.5 Å². The molecule has 9 N–H and O–H groups in total. The molecular formula is C58H110N4O10S. The molecule has 3 aliphatic heterocycles. The van der Waals surface area contributed by atoms with Crippen molar-refractivity contribution in [3.63, 3.8) is 0 Å². The summed E-state index contributed by atoms with van der Waals surface area (Å²) in [5, 5.41) is 66.9. The molecule has 4 amide bonds. The Morgan fingerprint density at radius 2 is 1.05 bits per heavy atom. The summed E-state index contributed by atoms with van der Waals surface area (Å²) in [5.74, 6) is 0.363. The van der Waals surface area contributed by atoms with Crippen molar-refractivity contribution in [1.82, 2.24) is 21.3 Å². The predicted octanol–water partition coefficient (Wildman–Crippen LogP) is 10.6. The lowest BCUT2D eigenvalue weighted by molar-refractivity contribution is -0.297. The highest BCUT2D eigenvalue weighted by Gasteiger charge is 2.45. The normalized spacial score (nSPS) is 24.0. The van der Waals surface area contributed by atoms with Gasteiger partial charge in [-0.3, -0.25) is 9.59 Å². The minimum Gasteiger partial charge on any atom is -0.390 e. The third kappa shape index (κ3) is 29.6. The second-order valence-corrected chi connectivity index (χ2v) is 23.5. The second kappa shape index (κ2) is 42.3. The number of rotatable bonds is 48. The molecular weight excluding hydrogens is 945 g/mol. The second-order valence-electron chi connectivity index (χ2n) is 22.3. The van der Waals surface area contributed by atoms with E-state index in [1.54, 1.807) is 0 Å². The number of unbranched alkanes of at least 4 members (excludes halogenated alkanes) is 32. The van der Waals surface area contributed by atoms with E-state index in [1.807, 2.05) is 11.8 Å². The SMILES string of the molecule is CCCCCCCCCCCCCCCCCCCCCCCCCC(=O)N[C@@H](CO[C@H]1O[C@H](CNC(=O)CCCCC2SC[C@@H]3NC(=O)N[C@H]23)[C@H](O)[C@H](O)[C@H]1O)[C@H](O)[C@H](O)CCCCCCCCCCCC. The number of ether oxygens (including phenoxy) is 2. The highest BCUT2D eigenvalue weighted by molar-refractivity contribution is 8.00. The molecule has 0 aromatic carbocycles. The molecule has 428 valence electrons. The zero-order valence-electron chi connectivity index (χ0n) is 46.2. The lowest BCUT2D eigenvalue weighted by Gasteiger charge is -2.41. The molecule has 0 aliphatic carbocycles. The number of aliphatic hydroxyl groups is 5. The molecule has 0 aromatic heterocycles. The minimum atomic E-state index is -1.64. The molecule has 11 atom stereocenters. The highest BCUT2D eigenvalue weighted by Crippen LogP contribution is 2.33. The quantitative estimate of drug-likeness (QED) is 0.0206. The van der Waals surface area contributed by atoms with E-state index in [0.29, 0.717) is 24.5 Å². The lowest BCUT2D eigenvalue weighted by Crippen LogP contribution is -2.61. The molecule has 3 fully saturated rings. The molecule has 1 unspecified atom stereocenters. The van der Waals surface area contributed by atoms with Gasteiger partial charge >= 0.3 is 6.03 Å². The summed E-state index contributed by atoms with van der Waals surface area (Å²) in [6, 6.07) is -0.887. The van der Waals surface area contributed by atoms with Crippen LogP contribution in [-0.4, -0.2) is 129 Å². The van der Waals surface area contributed by atoms with Gasteiger partial charge in [-0.15, -0.1) is 0 Å². The van der Waals surface area contributed by atoms with Gasteiger partial charge in [0.2, 0.25) is 11.8 Å². The smallest absolute Gasteiger partial charge is 0.315 e. The number of amides is 4. The van der Waals surface area contributed by atoms with E-state index in [1.165, 1.54) is 161 Å². The van der Waals surface area contributed by atoms with Gasteiger partial charge in [0.05, 0.1) is 30.8 Å². The van der Waals surface area contributed by atoms with Crippen LogP contribution in [0, 0.1) is 0 Å². The van der Waals surface area contributed by atoms with Gasteiger partial charge in [0.25, 0.3) is 0 Å². The molecule has 3 rings (SSSR count). The molecule has 3 saturated heterocycles. The molecule has 0 spiro atoms. The van der Waals surface area contributed by atoms with Gasteiger partial charge in [-0.25, -0.2) is 4.79 Å². The fraction of sp³-hybridized carbons (Fsp3) is 0.948. The summed E-state index contributed by atoms with van der Waals surface area (Å²) < 4.78 is 11.8. The number of aliphatic hydroxyl groups excluding tert-OH is 5. The number of hydrogen-bond donors (Lipinski definition) is 9. The lowest BCUT2D eigenvalue weighted by atomic mass is 9.98. The maximum atomic E-state index is 13.3. The van der Waals surface area contributed by atoms with E-state index >= 15 is 0 Å². The van der Waals surface area contributed by atoms with Crippen molar-refractivity contribution in [2.24, 2.45) is 0 Å². The molecule has 0 aromatic rings. The van der Waals surface area contributed by atoms with Gasteiger partial charge in [-0.2, -0.15) is 11.8 Å². The monoisotopic (exact) mass is 1050 g/mol. The summed E-state index contributed by atoms with van der Waals surface area (Å²) in [5.41, 5.74) is 0. The number of thioether (sulfide) groups is 1. The molecule has 3 heterocycles. The maximum Gasteiger partial charge on any atom is 0.315 e. The van der Waals surface area contributed by atoms with E-state index in [2.05, 4.69) is 35.1 Å². The third-order valence-corrected chi connectivity index (χ3v) is 17.2. The summed E-state index contributed by atoms with van der Waals surface area (Å²) in [4.78, 5) is 37.8. The standard InChI is InChI=1S/C58H110N4O10S/c1-3-5-7-9-11-13-15-16-17-18-19-20-21-22-23-24-25-26-27-29-31-33-35-41-51(65)60-45(53(66)47(63)38-34-32-30-28-14-12-10-8-6-4-2)43-71-57-56(69)55(68)54(67)48(72-57)42-59-50(64)40-37-36-39-49-52-46(44-73-49)61-58(70)62-52/h45-49,52-57,63,66-69H,3-44H2,1-2H3,(H,59,64)(H,60,65)(H2,61,62,70)/t45-,46-,47+,48+,49?,52-,53-,54-,55-,56+,57-/m0/s1. The Kier molecular flexibility index (Phi) is 38.0. The van der Waals surface area contributed by atoms with Crippen LogP contribution in [0.3, 0.4) is 0 Å². The van der Waals surface area contributed by atoms with Crippen LogP contribution in [0.1, 0.15) is 264 Å². The van der Waals surface area contributed by atoms with Crippen LogP contribution in [0.4, 0.5) is 4.79 Å². The Morgan fingerprint density at radius 3 is 1.56 bits per heavy atom. The Hall–Kier alpha value is -1.72. The molecule has 0 saturated carbocycles. The van der Waals surface area contributed by atoms with Crippen molar-refractivity contribution in [2.75, 3.05) is 18.9 Å². The Morgan fingerprint density at radius 1 is 0.603 bits per heavy atom. The Balaban J connectivity index is 1.33. The van der Waals surface area contributed by atoms with Crippen LogP contribution in [0.5, 0.6) is 0 Å². The number of urea groups is 1. The van der Waals surface area contributed by atoms with Crippen molar-refractivity contribution in [1.29, 1.82) is 0 Å². The Bertz CT molecular complexity index is 1390. The van der Waals surface area contributed by atoms with Crippen molar-refractivity contribution in [3.05, 3.63) is 0 Å². The van der Waals surface area contributed by atoms with Gasteiger partial charge in [-0.05, 0) is 25.7 Å². The zero-order valence-corrected chi connectivity index (χ0v) is 47.1. The van der Waals surface area contributed by atoms with Crippen LogP contribution in [0.15, 0.2) is 0 Å². The van der Waals surface area contributed by atoms with E-state index < -0.39 is 49.0 Å². The van der Waals surface area contributed by atoms with Crippen LogP contribution >= 0.6 is 11.8 Å². The summed E-state index contributed by atoms with van der Waals surface area (Å²) >= 11 is 1.83. The van der Waals surface area contributed by atoms with Gasteiger partial charge in [0.1, 0.15) is 30.5 Å². The van der Waals surface area contributed by atoms with Crippen LogP contribution in [-0.2, 0) is 19.1 Å². The van der Waals surface area contributed by atoms with Crippen molar-refractivity contribution >= 4 is 29.6 Å². The molecule has 3 aliphatic rings. The predicted molar refractivity (Wildman–Crippen MR) is 296 cm³/mol. The van der Waals surface area contributed by atoms with Crippen molar-refractivity contribution < 1.29 is 49.4 Å². The number of hydrogen-bond acceptors (Lipinski definition) is 11. The molecule has 0 bridgehead atoms. The van der Waals surface area contributed by atoms with Crippen LogP contribution in [0.25, 0.3) is 0 Å². The fourth-order valence-corrected chi connectivity index (χ4v) is 12.4. The first-order valence-corrected chi connectivity index (χ1v) is 31.5. The van der Waals surface area contributed by atoms with Crippen molar-refractivity contribution in [2.45, 2.75) is 331 Å². The first kappa shape index (κ1) is 65.6. The first-order valence-electron chi connectivity index (χ1n) is 30.5. The molecule has 14 nitrogen and oxygen atoms in total. The molecule has 73 heavy (non-hydrogen) atoms. The fourth-order valence-electron chi connectivity index (χ4n) is 10.9.